The quantitative estimate of drug-likeness (QED) is 0.801. The molecule has 0 unspecified atom stereocenters. The highest BCUT2D eigenvalue weighted by Crippen LogP contribution is 2.19. The number of benzene rings is 2. The molecular formula is C15H14BrFN2S. The molecule has 0 aromatic heterocycles. The molecule has 0 aliphatic rings. The Kier molecular flexibility index (Phi) is 5.09. The summed E-state index contributed by atoms with van der Waals surface area (Å²) < 4.78 is 14.5. The Morgan fingerprint density at radius 2 is 2.00 bits per heavy atom. The van der Waals surface area contributed by atoms with E-state index in [1.54, 1.807) is 18.2 Å². The third-order valence-corrected chi connectivity index (χ3v) is 3.95. The van der Waals surface area contributed by atoms with Gasteiger partial charge < -0.3 is 10.6 Å². The molecule has 0 saturated heterocycles. The van der Waals surface area contributed by atoms with Crippen LogP contribution in [0, 0.1) is 12.7 Å². The zero-order chi connectivity index (χ0) is 14.5. The molecule has 0 bridgehead atoms. The van der Waals surface area contributed by atoms with E-state index in [4.69, 9.17) is 12.2 Å². The Morgan fingerprint density at radius 3 is 2.70 bits per heavy atom. The minimum atomic E-state index is -0.234. The van der Waals surface area contributed by atoms with Crippen molar-refractivity contribution in [1.82, 2.24) is 5.32 Å². The first kappa shape index (κ1) is 14.9. The van der Waals surface area contributed by atoms with Crippen LogP contribution in [-0.2, 0) is 6.54 Å². The fourth-order valence-electron chi connectivity index (χ4n) is 1.72. The van der Waals surface area contributed by atoms with E-state index in [1.165, 1.54) is 6.07 Å². The second-order valence-electron chi connectivity index (χ2n) is 4.36. The number of halogens is 2. The van der Waals surface area contributed by atoms with Crippen molar-refractivity contribution in [2.24, 2.45) is 0 Å². The van der Waals surface area contributed by atoms with E-state index in [0.29, 0.717) is 17.2 Å². The minimum absolute atomic E-state index is 0.234. The number of anilines is 1. The summed E-state index contributed by atoms with van der Waals surface area (Å²) in [5.41, 5.74) is 2.60. The zero-order valence-corrected chi connectivity index (χ0v) is 13.3. The molecule has 0 atom stereocenters. The normalized spacial score (nSPS) is 10.2. The molecule has 0 spiro atoms. The maximum absolute atomic E-state index is 13.5. The van der Waals surface area contributed by atoms with E-state index in [0.717, 1.165) is 15.7 Å². The first-order valence-electron chi connectivity index (χ1n) is 6.10. The van der Waals surface area contributed by atoms with Gasteiger partial charge >= 0.3 is 0 Å². The van der Waals surface area contributed by atoms with Gasteiger partial charge in [0.05, 0.1) is 0 Å². The second-order valence-corrected chi connectivity index (χ2v) is 5.63. The molecule has 2 N–H and O–H groups in total. The van der Waals surface area contributed by atoms with Crippen LogP contribution in [0.25, 0.3) is 0 Å². The van der Waals surface area contributed by atoms with E-state index in [1.807, 2.05) is 25.1 Å². The third-order valence-electron chi connectivity index (χ3n) is 2.81. The highest BCUT2D eigenvalue weighted by atomic mass is 79.9. The maximum Gasteiger partial charge on any atom is 0.171 e. The molecule has 0 heterocycles. The molecule has 0 saturated carbocycles. The Morgan fingerprint density at radius 1 is 1.25 bits per heavy atom. The lowest BCUT2D eigenvalue weighted by atomic mass is 10.2. The highest BCUT2D eigenvalue weighted by molar-refractivity contribution is 9.10. The van der Waals surface area contributed by atoms with E-state index in [9.17, 15) is 4.39 Å². The van der Waals surface area contributed by atoms with Gasteiger partial charge in [-0.05, 0) is 49.0 Å². The van der Waals surface area contributed by atoms with E-state index in [2.05, 4.69) is 26.6 Å². The van der Waals surface area contributed by atoms with E-state index in [-0.39, 0.29) is 5.82 Å². The zero-order valence-electron chi connectivity index (χ0n) is 10.9. The standard InChI is InChI=1S/C15H14BrFN2S/c1-10-8-12(6-7-13(10)16)19-15(20)18-9-11-4-2-3-5-14(11)17/h2-8H,9H2,1H3,(H2,18,19,20). The Hall–Kier alpha value is -1.46. The molecular weight excluding hydrogens is 339 g/mol. The van der Waals surface area contributed by atoms with Gasteiger partial charge in [-0.2, -0.15) is 0 Å². The van der Waals surface area contributed by atoms with Crippen molar-refractivity contribution in [1.29, 1.82) is 0 Å². The maximum atomic E-state index is 13.5. The third kappa shape index (κ3) is 4.02. The van der Waals surface area contributed by atoms with Crippen molar-refractivity contribution in [2.75, 3.05) is 5.32 Å². The summed E-state index contributed by atoms with van der Waals surface area (Å²) in [5, 5.41) is 6.54. The molecule has 2 aromatic rings. The van der Waals surface area contributed by atoms with Crippen molar-refractivity contribution in [3.63, 3.8) is 0 Å². The summed E-state index contributed by atoms with van der Waals surface area (Å²) in [6.07, 6.45) is 0. The first-order chi connectivity index (χ1) is 9.56. The lowest BCUT2D eigenvalue weighted by molar-refractivity contribution is 0.606. The molecule has 2 nitrogen and oxygen atoms in total. The average Bonchev–Trinajstić information content (AvgIpc) is 2.42. The van der Waals surface area contributed by atoms with Crippen LogP contribution in [0.5, 0.6) is 0 Å². The monoisotopic (exact) mass is 352 g/mol. The van der Waals surface area contributed by atoms with Crippen LogP contribution in [0.4, 0.5) is 10.1 Å². The van der Waals surface area contributed by atoms with Crippen molar-refractivity contribution in [3.05, 3.63) is 63.9 Å². The smallest absolute Gasteiger partial charge is 0.171 e. The second kappa shape index (κ2) is 6.81. The van der Waals surface area contributed by atoms with Crippen molar-refractivity contribution in [2.45, 2.75) is 13.5 Å². The fraction of sp³-hybridized carbons (Fsp3) is 0.133. The van der Waals surface area contributed by atoms with Crippen LogP contribution >= 0.6 is 28.1 Å². The fourth-order valence-corrected chi connectivity index (χ4v) is 2.15. The van der Waals surface area contributed by atoms with Gasteiger partial charge in [0.2, 0.25) is 0 Å². The molecule has 20 heavy (non-hydrogen) atoms. The molecule has 0 amide bonds. The molecule has 0 radical (unpaired) electrons. The summed E-state index contributed by atoms with van der Waals surface area (Å²) in [6.45, 7) is 2.36. The van der Waals surface area contributed by atoms with Crippen LogP contribution in [0.15, 0.2) is 46.9 Å². The average molecular weight is 353 g/mol. The van der Waals surface area contributed by atoms with Crippen LogP contribution in [-0.4, -0.2) is 5.11 Å². The first-order valence-corrected chi connectivity index (χ1v) is 7.31. The number of hydrogen-bond acceptors (Lipinski definition) is 1. The minimum Gasteiger partial charge on any atom is -0.358 e. The summed E-state index contributed by atoms with van der Waals surface area (Å²) in [4.78, 5) is 0. The molecule has 0 aliphatic carbocycles. The lowest BCUT2D eigenvalue weighted by Gasteiger charge is -2.12. The van der Waals surface area contributed by atoms with Crippen LogP contribution in [0.3, 0.4) is 0 Å². The molecule has 5 heteroatoms. The molecule has 2 aromatic carbocycles. The summed E-state index contributed by atoms with van der Waals surface area (Å²) >= 11 is 8.65. The van der Waals surface area contributed by atoms with Gasteiger partial charge in [-0.3, -0.25) is 0 Å². The predicted octanol–water partition coefficient (Wildman–Crippen LogP) is 4.38. The summed E-state index contributed by atoms with van der Waals surface area (Å²) in [6, 6.07) is 12.5. The van der Waals surface area contributed by atoms with Crippen LogP contribution in [0.1, 0.15) is 11.1 Å². The number of nitrogens with one attached hydrogen (secondary N) is 2. The number of thiocarbonyl (C=S) groups is 1. The molecule has 0 aliphatic heterocycles. The van der Waals surface area contributed by atoms with Crippen molar-refractivity contribution in [3.8, 4) is 0 Å². The Labute approximate surface area is 131 Å². The summed E-state index contributed by atoms with van der Waals surface area (Å²) in [5.74, 6) is -0.234. The SMILES string of the molecule is Cc1cc(NC(=S)NCc2ccccc2F)ccc1Br. The largest absolute Gasteiger partial charge is 0.358 e. The van der Waals surface area contributed by atoms with Crippen LogP contribution in [0.2, 0.25) is 0 Å². The van der Waals surface area contributed by atoms with Crippen molar-refractivity contribution < 1.29 is 4.39 Å². The molecule has 0 fully saturated rings. The van der Waals surface area contributed by atoms with Gasteiger partial charge in [0.25, 0.3) is 0 Å². The van der Waals surface area contributed by atoms with Gasteiger partial charge in [0, 0.05) is 22.3 Å². The van der Waals surface area contributed by atoms with Gasteiger partial charge in [-0.15, -0.1) is 0 Å². The Bertz CT molecular complexity index is 631. The number of rotatable bonds is 3. The summed E-state index contributed by atoms with van der Waals surface area (Å²) in [7, 11) is 0. The predicted molar refractivity (Wildman–Crippen MR) is 88.3 cm³/mol. The number of hydrogen-bond donors (Lipinski definition) is 2. The van der Waals surface area contributed by atoms with Gasteiger partial charge in [-0.25, -0.2) is 4.39 Å². The topological polar surface area (TPSA) is 24.1 Å². The van der Waals surface area contributed by atoms with Gasteiger partial charge in [0.1, 0.15) is 5.82 Å². The Balaban J connectivity index is 1.93. The van der Waals surface area contributed by atoms with Crippen LogP contribution < -0.4 is 10.6 Å². The highest BCUT2D eigenvalue weighted by Gasteiger charge is 2.03. The lowest BCUT2D eigenvalue weighted by Crippen LogP contribution is -2.28. The van der Waals surface area contributed by atoms with E-state index >= 15 is 0 Å². The van der Waals surface area contributed by atoms with Crippen molar-refractivity contribution >= 4 is 38.9 Å². The molecule has 2 rings (SSSR count). The molecule has 104 valence electrons. The van der Waals surface area contributed by atoms with Gasteiger partial charge in [-0.1, -0.05) is 34.1 Å². The number of aryl methyl sites for hydroxylation is 1. The van der Waals surface area contributed by atoms with Gasteiger partial charge in [0.15, 0.2) is 5.11 Å². The van der Waals surface area contributed by atoms with E-state index < -0.39 is 0 Å².